The summed E-state index contributed by atoms with van der Waals surface area (Å²) < 4.78 is 33.5. The molecule has 408 valence electrons. The molecular formula is C57H81ClN4O12. The predicted octanol–water partition coefficient (Wildman–Crippen LogP) is 3.10. The molecule has 2 aliphatic carbocycles. The van der Waals surface area contributed by atoms with E-state index in [2.05, 4.69) is 11.1 Å². The predicted molar refractivity (Wildman–Crippen MR) is 273 cm³/mol. The van der Waals surface area contributed by atoms with Crippen LogP contribution in [0.1, 0.15) is 113 Å². The van der Waals surface area contributed by atoms with Gasteiger partial charge in [-0.2, -0.15) is 0 Å². The molecule has 3 aromatic rings. The van der Waals surface area contributed by atoms with Crippen LogP contribution in [0.4, 0.5) is 0 Å². The van der Waals surface area contributed by atoms with Crippen molar-refractivity contribution in [3.05, 3.63) is 102 Å². The van der Waals surface area contributed by atoms with Gasteiger partial charge in [0.1, 0.15) is 23.9 Å². The van der Waals surface area contributed by atoms with Crippen LogP contribution in [0.3, 0.4) is 0 Å². The van der Waals surface area contributed by atoms with E-state index in [1.54, 1.807) is 34.1 Å². The summed E-state index contributed by atoms with van der Waals surface area (Å²) in [6, 6.07) is 24.5. The number of hydrogen-bond donors (Lipinski definition) is 3. The van der Waals surface area contributed by atoms with E-state index < -0.39 is 24.1 Å². The lowest BCUT2D eigenvalue weighted by Gasteiger charge is -2.34. The second kappa shape index (κ2) is 32.4. The molecule has 0 bridgehead atoms. The Kier molecular flexibility index (Phi) is 26.1. The number of benzene rings is 3. The first-order valence-corrected chi connectivity index (χ1v) is 26.7. The maximum Gasteiger partial charge on any atom is 0.328 e. The maximum atomic E-state index is 14.0. The van der Waals surface area contributed by atoms with Crippen LogP contribution in [0.25, 0.3) is 0 Å². The lowest BCUT2D eigenvalue weighted by atomic mass is 9.83. The Labute approximate surface area is 444 Å². The number of carbonyl (C=O) groups is 5. The number of carbonyl (C=O) groups excluding carboxylic acids is 5. The topological polar surface area (TPSA) is 207 Å². The van der Waals surface area contributed by atoms with Crippen LogP contribution in [0.2, 0.25) is 0 Å². The molecule has 2 saturated heterocycles. The third-order valence-electron chi connectivity index (χ3n) is 14.7. The van der Waals surface area contributed by atoms with Crippen LogP contribution in [-0.4, -0.2) is 135 Å². The van der Waals surface area contributed by atoms with Crippen molar-refractivity contribution in [1.82, 2.24) is 15.1 Å². The molecule has 17 heteroatoms. The number of rotatable bonds is 24. The van der Waals surface area contributed by atoms with E-state index in [0.29, 0.717) is 77.8 Å². The van der Waals surface area contributed by atoms with Gasteiger partial charge in [0.2, 0.25) is 11.8 Å². The molecule has 2 aliphatic heterocycles. The number of aromatic hydroxyl groups is 1. The first-order valence-electron chi connectivity index (χ1n) is 26.7. The monoisotopic (exact) mass is 1050 g/mol. The summed E-state index contributed by atoms with van der Waals surface area (Å²) in [5.41, 5.74) is 7.36. The third kappa shape index (κ3) is 18.9. The number of methoxy groups -OCH3 is 2. The van der Waals surface area contributed by atoms with E-state index in [4.69, 9.17) is 28.4 Å². The number of nitrogens with one attached hydrogen (secondary N) is 1. The van der Waals surface area contributed by atoms with Crippen LogP contribution in [-0.2, 0) is 72.0 Å². The molecule has 6 atom stereocenters. The zero-order valence-electron chi connectivity index (χ0n) is 43.6. The van der Waals surface area contributed by atoms with Gasteiger partial charge in [0.25, 0.3) is 5.91 Å². The summed E-state index contributed by atoms with van der Waals surface area (Å²) >= 11 is 0. The van der Waals surface area contributed by atoms with Crippen molar-refractivity contribution in [3.8, 4) is 5.75 Å². The van der Waals surface area contributed by atoms with Crippen LogP contribution in [0, 0.1) is 11.8 Å². The number of phenolic OH excluding ortho intramolecular Hbond substituents is 1. The minimum absolute atomic E-state index is 0. The number of esters is 2. The van der Waals surface area contributed by atoms with E-state index in [-0.39, 0.29) is 79.0 Å². The molecule has 4 fully saturated rings. The van der Waals surface area contributed by atoms with Gasteiger partial charge in [-0.15, -0.1) is 0 Å². The first-order chi connectivity index (χ1) is 35.5. The smallest absolute Gasteiger partial charge is 0.328 e. The molecular weight excluding hydrogens is 968 g/mol. The Hall–Kier alpha value is -5.10. The minimum atomic E-state index is -0.748. The average molecular weight is 1050 g/mol. The number of phenols is 1. The van der Waals surface area contributed by atoms with Gasteiger partial charge in [0, 0.05) is 64.7 Å². The van der Waals surface area contributed by atoms with Crippen LogP contribution < -0.4 is 23.5 Å². The van der Waals surface area contributed by atoms with Crippen molar-refractivity contribution in [2.75, 3.05) is 53.7 Å². The van der Waals surface area contributed by atoms with Crippen LogP contribution >= 0.6 is 0 Å². The van der Waals surface area contributed by atoms with E-state index in [1.807, 2.05) is 60.7 Å². The number of amides is 3. The summed E-state index contributed by atoms with van der Waals surface area (Å²) in [4.78, 5) is 68.5. The largest absolute Gasteiger partial charge is 1.00 e. The molecule has 74 heavy (non-hydrogen) atoms. The molecule has 4 aliphatic rings. The van der Waals surface area contributed by atoms with Gasteiger partial charge in [-0.3, -0.25) is 14.4 Å². The summed E-state index contributed by atoms with van der Waals surface area (Å²) in [5, 5.41) is 12.5. The number of nitrogens with zero attached hydrogens (tertiary/aromatic N) is 2. The molecule has 3 amide bonds. The van der Waals surface area contributed by atoms with Crippen molar-refractivity contribution in [2.45, 2.75) is 152 Å². The molecule has 3 aromatic carbocycles. The van der Waals surface area contributed by atoms with Gasteiger partial charge in [0.05, 0.1) is 39.6 Å². The number of quaternary nitrogens is 1. The number of likely N-dealkylation sites (tertiary alicyclic amines) is 2. The minimum Gasteiger partial charge on any atom is -1.00 e. The summed E-state index contributed by atoms with van der Waals surface area (Å²) in [6.45, 7) is 3.96. The normalized spacial score (nSPS) is 20.9. The van der Waals surface area contributed by atoms with Crippen molar-refractivity contribution < 1.29 is 75.6 Å². The van der Waals surface area contributed by atoms with Gasteiger partial charge < -0.3 is 66.8 Å². The SMILES string of the molecule is COC(=O)C1C[C@@H](OCCCOCc2ccccc2)CN1C(=O)[C@@H](NC(=O)CCc1ccc(O)cc1)C1CCCCC1.COC(=O)C1C[C@@H](OCCCOCc2ccccc2)CN1C(=O)[C@@H]([NH3+])C1CCCCC1.[Cl-]. The zero-order valence-corrected chi connectivity index (χ0v) is 44.3. The highest BCUT2D eigenvalue weighted by Crippen LogP contribution is 2.32. The van der Waals surface area contributed by atoms with E-state index >= 15 is 0 Å². The highest BCUT2D eigenvalue weighted by molar-refractivity contribution is 5.92. The Morgan fingerprint density at radius 2 is 1.07 bits per heavy atom. The second-order valence-corrected chi connectivity index (χ2v) is 19.9. The fourth-order valence-electron chi connectivity index (χ4n) is 10.5. The van der Waals surface area contributed by atoms with Crippen LogP contribution in [0.15, 0.2) is 84.9 Å². The van der Waals surface area contributed by atoms with Crippen molar-refractivity contribution >= 4 is 29.7 Å². The summed E-state index contributed by atoms with van der Waals surface area (Å²) in [7, 11) is 2.69. The molecule has 2 unspecified atom stereocenters. The zero-order chi connectivity index (χ0) is 51.8. The highest BCUT2D eigenvalue weighted by Gasteiger charge is 2.46. The molecule has 0 spiro atoms. The molecule has 0 aromatic heterocycles. The Balaban J connectivity index is 0.000000283. The number of aryl methyl sites for hydroxylation is 1. The van der Waals surface area contributed by atoms with Crippen LogP contribution in [0.5, 0.6) is 5.75 Å². The van der Waals surface area contributed by atoms with Crippen molar-refractivity contribution in [2.24, 2.45) is 11.8 Å². The number of ether oxygens (including phenoxy) is 6. The quantitative estimate of drug-likeness (QED) is 0.0875. The molecule has 16 nitrogen and oxygen atoms in total. The van der Waals surface area contributed by atoms with Gasteiger partial charge in [0.15, 0.2) is 6.04 Å². The molecule has 5 N–H and O–H groups in total. The van der Waals surface area contributed by atoms with Gasteiger partial charge >= 0.3 is 11.9 Å². The summed E-state index contributed by atoms with van der Waals surface area (Å²) in [6.07, 6.45) is 13.0. The Morgan fingerprint density at radius 1 is 0.608 bits per heavy atom. The second-order valence-electron chi connectivity index (χ2n) is 19.9. The lowest BCUT2D eigenvalue weighted by molar-refractivity contribution is -0.420. The Bertz CT molecular complexity index is 2130. The van der Waals surface area contributed by atoms with E-state index in [0.717, 1.165) is 80.9 Å². The molecule has 0 radical (unpaired) electrons. The maximum absolute atomic E-state index is 14.0. The van der Waals surface area contributed by atoms with E-state index in [9.17, 15) is 29.1 Å². The number of hydrogen-bond acceptors (Lipinski definition) is 12. The number of halogens is 1. The fourth-order valence-corrected chi connectivity index (χ4v) is 10.5. The fraction of sp³-hybridized carbons (Fsp3) is 0.596. The molecule has 2 saturated carbocycles. The van der Waals surface area contributed by atoms with Gasteiger partial charge in [-0.1, -0.05) is 111 Å². The Morgan fingerprint density at radius 3 is 1.54 bits per heavy atom. The molecule has 7 rings (SSSR count). The third-order valence-corrected chi connectivity index (χ3v) is 14.7. The average Bonchev–Trinajstić information content (AvgIpc) is 4.07. The van der Waals surface area contributed by atoms with Crippen molar-refractivity contribution in [1.29, 1.82) is 0 Å². The van der Waals surface area contributed by atoms with Gasteiger partial charge in [-0.25, -0.2) is 9.59 Å². The van der Waals surface area contributed by atoms with E-state index in [1.165, 1.54) is 20.6 Å². The standard InChI is InChI=1S/C33H44N2O7.C24H36N2O5.ClH/c1-40-33(39)29-21-28(42-20-8-19-41-23-25-9-4-2-5-10-25)22-35(29)32(38)31(26-11-6-3-7-12-26)34-30(37)18-15-24-13-16-27(36)17-14-24;1-29-24(28)21-15-20(31-14-8-13-30-17-18-9-4-2-5-10-18)16-26(21)23(27)22(25)19-11-6-3-7-12-19;/h2,4-5,9-10,13-14,16-17,26,28-29,31,36H,3,6-8,11-12,15,18-23H2,1H3,(H,34,37);2,4-5,9-10,19-22H,3,6-8,11-17,25H2,1H3;1H/t28-,29?,31+;20-,21?,22+;/m11./s1. The highest BCUT2D eigenvalue weighted by atomic mass is 35.5. The van der Waals surface area contributed by atoms with Gasteiger partial charge in [-0.05, 0) is 79.7 Å². The van der Waals surface area contributed by atoms with Crippen molar-refractivity contribution in [3.63, 3.8) is 0 Å². The summed E-state index contributed by atoms with van der Waals surface area (Å²) in [5.74, 6) is -0.833. The molecule has 2 heterocycles. The lowest BCUT2D eigenvalue weighted by Crippen LogP contribution is -3.00. The first kappa shape index (κ1) is 59.8.